The summed E-state index contributed by atoms with van der Waals surface area (Å²) in [6.07, 6.45) is -4.35. The van der Waals surface area contributed by atoms with Gasteiger partial charge < -0.3 is 9.84 Å². The van der Waals surface area contributed by atoms with Gasteiger partial charge in [-0.15, -0.1) is 0 Å². The van der Waals surface area contributed by atoms with Crippen molar-refractivity contribution in [2.45, 2.75) is 19.7 Å². The molecule has 106 valence electrons. The fraction of sp³-hybridized carbons (Fsp3) is 0.200. The van der Waals surface area contributed by atoms with Gasteiger partial charge in [-0.3, -0.25) is 0 Å². The maximum atomic E-state index is 12.4. The van der Waals surface area contributed by atoms with Gasteiger partial charge >= 0.3 is 6.18 Å². The number of phenolic OH excluding ortho intramolecular Hbond substituents is 1. The Hall–Kier alpha value is -2.17. The minimum Gasteiger partial charge on any atom is -0.508 e. The highest BCUT2D eigenvalue weighted by Crippen LogP contribution is 2.30. The lowest BCUT2D eigenvalue weighted by molar-refractivity contribution is -0.137. The van der Waals surface area contributed by atoms with Crippen LogP contribution in [0.5, 0.6) is 11.5 Å². The number of ether oxygens (including phenoxy) is 1. The summed E-state index contributed by atoms with van der Waals surface area (Å²) < 4.78 is 42.5. The van der Waals surface area contributed by atoms with Crippen LogP contribution in [0.3, 0.4) is 0 Å². The van der Waals surface area contributed by atoms with Crippen LogP contribution in [0.15, 0.2) is 42.5 Å². The largest absolute Gasteiger partial charge is 0.508 e. The molecule has 2 nitrogen and oxygen atoms in total. The van der Waals surface area contributed by atoms with E-state index < -0.39 is 11.7 Å². The number of aromatic hydroxyl groups is 1. The van der Waals surface area contributed by atoms with Crippen molar-refractivity contribution in [3.63, 3.8) is 0 Å². The zero-order chi connectivity index (χ0) is 14.8. The third-order valence-electron chi connectivity index (χ3n) is 2.86. The molecule has 5 heteroatoms. The monoisotopic (exact) mass is 282 g/mol. The van der Waals surface area contributed by atoms with Gasteiger partial charge in [0.05, 0.1) is 5.56 Å². The van der Waals surface area contributed by atoms with Crippen LogP contribution in [-0.2, 0) is 12.8 Å². The van der Waals surface area contributed by atoms with E-state index in [1.807, 2.05) is 0 Å². The molecular formula is C15H13F3O2. The highest BCUT2D eigenvalue weighted by Gasteiger charge is 2.29. The third kappa shape index (κ3) is 3.44. The number of halogens is 3. The van der Waals surface area contributed by atoms with E-state index >= 15 is 0 Å². The predicted octanol–water partition coefficient (Wildman–Crippen LogP) is 4.30. The molecule has 0 aliphatic carbocycles. The number of phenols is 1. The molecule has 0 aliphatic heterocycles. The second-order valence-corrected chi connectivity index (χ2v) is 4.43. The lowest BCUT2D eigenvalue weighted by Gasteiger charge is -2.10. The lowest BCUT2D eigenvalue weighted by atomic mass is 10.1. The van der Waals surface area contributed by atoms with E-state index in [9.17, 15) is 18.3 Å². The molecule has 1 N–H and O–H groups in total. The first-order valence-electron chi connectivity index (χ1n) is 5.95. The summed E-state index contributed by atoms with van der Waals surface area (Å²) in [5.41, 5.74) is 0.786. The van der Waals surface area contributed by atoms with E-state index in [1.165, 1.54) is 12.1 Å². The Bertz CT molecular complexity index is 589. The van der Waals surface area contributed by atoms with Gasteiger partial charge in [0, 0.05) is 0 Å². The highest BCUT2D eigenvalue weighted by molar-refractivity contribution is 5.35. The van der Waals surface area contributed by atoms with E-state index in [4.69, 9.17) is 4.74 Å². The maximum absolute atomic E-state index is 12.4. The summed E-state index contributed by atoms with van der Waals surface area (Å²) in [4.78, 5) is 0. The quantitative estimate of drug-likeness (QED) is 0.909. The minimum atomic E-state index is -4.35. The lowest BCUT2D eigenvalue weighted by Crippen LogP contribution is -2.04. The zero-order valence-corrected chi connectivity index (χ0v) is 10.7. The van der Waals surface area contributed by atoms with E-state index in [-0.39, 0.29) is 12.4 Å². The SMILES string of the molecule is Cc1ccc(COc2ccc(C(F)(F)F)cc2)cc1O. The normalized spacial score (nSPS) is 11.4. The molecule has 0 fully saturated rings. The van der Waals surface area contributed by atoms with Crippen molar-refractivity contribution < 1.29 is 23.0 Å². The summed E-state index contributed by atoms with van der Waals surface area (Å²) >= 11 is 0. The molecule has 2 aromatic carbocycles. The van der Waals surface area contributed by atoms with E-state index in [0.29, 0.717) is 5.75 Å². The van der Waals surface area contributed by atoms with Crippen LogP contribution in [0.25, 0.3) is 0 Å². The summed E-state index contributed by atoms with van der Waals surface area (Å²) in [5, 5.41) is 9.54. The van der Waals surface area contributed by atoms with Gasteiger partial charge in [0.1, 0.15) is 18.1 Å². The molecule has 0 atom stereocenters. The van der Waals surface area contributed by atoms with E-state index in [0.717, 1.165) is 23.3 Å². The second-order valence-electron chi connectivity index (χ2n) is 4.43. The highest BCUT2D eigenvalue weighted by atomic mass is 19.4. The van der Waals surface area contributed by atoms with Crippen LogP contribution in [0.4, 0.5) is 13.2 Å². The molecule has 0 saturated carbocycles. The Labute approximate surface area is 114 Å². The molecule has 0 radical (unpaired) electrons. The van der Waals surface area contributed by atoms with Gasteiger partial charge in [-0.05, 0) is 48.4 Å². The van der Waals surface area contributed by atoms with Gasteiger partial charge in [-0.25, -0.2) is 0 Å². The van der Waals surface area contributed by atoms with Gasteiger partial charge in [0.15, 0.2) is 0 Å². The smallest absolute Gasteiger partial charge is 0.416 e. The number of rotatable bonds is 3. The molecule has 2 aromatic rings. The van der Waals surface area contributed by atoms with Crippen molar-refractivity contribution in [1.29, 1.82) is 0 Å². The molecular weight excluding hydrogens is 269 g/mol. The van der Waals surface area contributed by atoms with Crippen molar-refractivity contribution in [2.24, 2.45) is 0 Å². The summed E-state index contributed by atoms with van der Waals surface area (Å²) in [7, 11) is 0. The fourth-order valence-electron chi connectivity index (χ4n) is 1.65. The Morgan fingerprint density at radius 3 is 2.25 bits per heavy atom. The molecule has 0 heterocycles. The summed E-state index contributed by atoms with van der Waals surface area (Å²) in [6.45, 7) is 1.95. The maximum Gasteiger partial charge on any atom is 0.416 e. The van der Waals surface area contributed by atoms with Crippen LogP contribution in [0.2, 0.25) is 0 Å². The van der Waals surface area contributed by atoms with Crippen LogP contribution in [0, 0.1) is 6.92 Å². The first-order chi connectivity index (χ1) is 9.36. The first-order valence-corrected chi connectivity index (χ1v) is 5.95. The molecule has 0 amide bonds. The standard InChI is InChI=1S/C15H13F3O2/c1-10-2-3-11(8-14(10)19)9-20-13-6-4-12(5-7-13)15(16,17)18/h2-8,19H,9H2,1H3. The van der Waals surface area contributed by atoms with Crippen LogP contribution >= 0.6 is 0 Å². The molecule has 0 spiro atoms. The van der Waals surface area contributed by atoms with Gasteiger partial charge in [-0.2, -0.15) is 13.2 Å². The topological polar surface area (TPSA) is 29.5 Å². The summed E-state index contributed by atoms with van der Waals surface area (Å²) in [6, 6.07) is 9.61. The molecule has 0 aromatic heterocycles. The molecule has 0 unspecified atom stereocenters. The summed E-state index contributed by atoms with van der Waals surface area (Å²) in [5.74, 6) is 0.511. The van der Waals surface area contributed by atoms with Gasteiger partial charge in [0.2, 0.25) is 0 Å². The van der Waals surface area contributed by atoms with Crippen LogP contribution in [-0.4, -0.2) is 5.11 Å². The Kier molecular flexibility index (Phi) is 3.88. The van der Waals surface area contributed by atoms with Gasteiger partial charge in [-0.1, -0.05) is 12.1 Å². The number of hydrogen-bond donors (Lipinski definition) is 1. The van der Waals surface area contributed by atoms with Gasteiger partial charge in [0.25, 0.3) is 0 Å². The van der Waals surface area contributed by atoms with Crippen molar-refractivity contribution in [3.05, 3.63) is 59.2 Å². The number of aryl methyl sites for hydroxylation is 1. The fourth-order valence-corrected chi connectivity index (χ4v) is 1.65. The van der Waals surface area contributed by atoms with Crippen molar-refractivity contribution in [2.75, 3.05) is 0 Å². The van der Waals surface area contributed by atoms with Crippen molar-refractivity contribution in [1.82, 2.24) is 0 Å². The average Bonchev–Trinajstić information content (AvgIpc) is 2.40. The number of benzene rings is 2. The molecule has 0 aliphatic rings. The molecule has 2 rings (SSSR count). The molecule has 0 bridgehead atoms. The average molecular weight is 282 g/mol. The minimum absolute atomic E-state index is 0.165. The van der Waals surface area contributed by atoms with E-state index in [1.54, 1.807) is 25.1 Å². The first kappa shape index (κ1) is 14.2. The Morgan fingerprint density at radius 1 is 1.05 bits per heavy atom. The third-order valence-corrected chi connectivity index (χ3v) is 2.86. The van der Waals surface area contributed by atoms with Crippen LogP contribution < -0.4 is 4.74 Å². The zero-order valence-electron chi connectivity index (χ0n) is 10.7. The predicted molar refractivity (Wildman–Crippen MR) is 68.6 cm³/mol. The number of alkyl halides is 3. The van der Waals surface area contributed by atoms with Crippen LogP contribution in [0.1, 0.15) is 16.7 Å². The Balaban J connectivity index is 2.02. The second kappa shape index (κ2) is 5.45. The van der Waals surface area contributed by atoms with Crippen molar-refractivity contribution >= 4 is 0 Å². The van der Waals surface area contributed by atoms with Crippen molar-refractivity contribution in [3.8, 4) is 11.5 Å². The van der Waals surface area contributed by atoms with E-state index in [2.05, 4.69) is 0 Å². The molecule has 20 heavy (non-hydrogen) atoms. The number of hydrogen-bond acceptors (Lipinski definition) is 2. The molecule has 0 saturated heterocycles. The Morgan fingerprint density at radius 2 is 1.70 bits per heavy atom.